The Kier molecular flexibility index (Phi) is 8.27. The van der Waals surface area contributed by atoms with Crippen LogP contribution in [0.5, 0.6) is 0 Å². The second kappa shape index (κ2) is 11.5. The SMILES string of the molecule is CC(C)(C)OC(=O)Nc1nc2c(-c3c(Cl)cc4c(N5CCN(C(=O)OC(C)(C)C)CC5)ncnc4c3F)c(F)cc(F)c2s1. The van der Waals surface area contributed by atoms with Gasteiger partial charge in [0, 0.05) is 48.8 Å². The van der Waals surface area contributed by atoms with Crippen LogP contribution in [0.3, 0.4) is 0 Å². The summed E-state index contributed by atoms with van der Waals surface area (Å²) in [6.07, 6.45) is -0.0892. The Morgan fingerprint density at radius 1 is 0.909 bits per heavy atom. The molecule has 15 heteroatoms. The van der Waals surface area contributed by atoms with Gasteiger partial charge in [0.25, 0.3) is 0 Å². The van der Waals surface area contributed by atoms with Crippen molar-refractivity contribution in [3.8, 4) is 11.1 Å². The summed E-state index contributed by atoms with van der Waals surface area (Å²) >= 11 is 7.34. The summed E-state index contributed by atoms with van der Waals surface area (Å²) in [6, 6.07) is 2.04. The Hall–Kier alpha value is -3.91. The average Bonchev–Trinajstić information content (AvgIpc) is 3.32. The van der Waals surface area contributed by atoms with Crippen molar-refractivity contribution in [2.45, 2.75) is 52.7 Å². The maximum atomic E-state index is 16.3. The van der Waals surface area contributed by atoms with Crippen molar-refractivity contribution in [1.29, 1.82) is 0 Å². The van der Waals surface area contributed by atoms with Crippen LogP contribution in [0, 0.1) is 17.5 Å². The van der Waals surface area contributed by atoms with Gasteiger partial charge in [0.05, 0.1) is 15.2 Å². The quantitative estimate of drug-likeness (QED) is 0.245. The van der Waals surface area contributed by atoms with Crippen molar-refractivity contribution in [2.24, 2.45) is 0 Å². The van der Waals surface area contributed by atoms with Gasteiger partial charge in [0.2, 0.25) is 0 Å². The average molecular weight is 651 g/mol. The third kappa shape index (κ3) is 6.46. The third-order valence-corrected chi connectivity index (χ3v) is 7.74. The molecule has 234 valence electrons. The van der Waals surface area contributed by atoms with Crippen molar-refractivity contribution >= 4 is 67.2 Å². The summed E-state index contributed by atoms with van der Waals surface area (Å²) in [7, 11) is 0. The minimum absolute atomic E-state index is 0.0764. The van der Waals surface area contributed by atoms with Gasteiger partial charge in [0.15, 0.2) is 10.9 Å². The Morgan fingerprint density at radius 2 is 1.57 bits per heavy atom. The summed E-state index contributed by atoms with van der Waals surface area (Å²) in [4.78, 5) is 40.9. The predicted octanol–water partition coefficient (Wildman–Crippen LogP) is 7.38. The number of amides is 2. The molecule has 2 amide bonds. The molecule has 1 aliphatic heterocycles. The van der Waals surface area contributed by atoms with E-state index in [0.29, 0.717) is 38.1 Å². The number of carbonyl (C=O) groups is 2. The summed E-state index contributed by atoms with van der Waals surface area (Å²) in [6.45, 7) is 11.8. The lowest BCUT2D eigenvalue weighted by Crippen LogP contribution is -2.50. The van der Waals surface area contributed by atoms with E-state index in [4.69, 9.17) is 21.1 Å². The molecule has 0 aliphatic carbocycles. The third-order valence-electron chi connectivity index (χ3n) is 6.46. The molecule has 1 aliphatic rings. The van der Waals surface area contributed by atoms with Crippen molar-refractivity contribution in [3.05, 3.63) is 40.9 Å². The number of nitrogens with one attached hydrogen (secondary N) is 1. The largest absolute Gasteiger partial charge is 0.444 e. The molecule has 1 fully saturated rings. The topological polar surface area (TPSA) is 110 Å². The monoisotopic (exact) mass is 650 g/mol. The summed E-state index contributed by atoms with van der Waals surface area (Å²) in [5.41, 5.74) is -2.56. The van der Waals surface area contributed by atoms with E-state index in [1.54, 1.807) is 46.4 Å². The zero-order valence-electron chi connectivity index (χ0n) is 24.8. The lowest BCUT2D eigenvalue weighted by Gasteiger charge is -2.36. The molecule has 44 heavy (non-hydrogen) atoms. The molecule has 0 atom stereocenters. The Bertz CT molecular complexity index is 1780. The second-order valence-electron chi connectivity index (χ2n) is 12.1. The van der Waals surface area contributed by atoms with Gasteiger partial charge in [-0.3, -0.25) is 5.32 Å². The Morgan fingerprint density at radius 3 is 2.20 bits per heavy atom. The summed E-state index contributed by atoms with van der Waals surface area (Å²) in [5, 5.41) is 2.42. The predicted molar refractivity (Wildman–Crippen MR) is 163 cm³/mol. The van der Waals surface area contributed by atoms with E-state index in [2.05, 4.69) is 20.3 Å². The molecule has 5 rings (SSSR count). The lowest BCUT2D eigenvalue weighted by molar-refractivity contribution is 0.0240. The highest BCUT2D eigenvalue weighted by Gasteiger charge is 2.30. The zero-order chi connectivity index (χ0) is 32.1. The number of piperazine rings is 1. The molecule has 2 aromatic heterocycles. The van der Waals surface area contributed by atoms with Crippen molar-refractivity contribution in [3.63, 3.8) is 0 Å². The highest BCUT2D eigenvalue weighted by Crippen LogP contribution is 2.44. The molecule has 0 unspecified atom stereocenters. The van der Waals surface area contributed by atoms with Crippen LogP contribution in [0.25, 0.3) is 32.2 Å². The van der Waals surface area contributed by atoms with Gasteiger partial charge in [-0.1, -0.05) is 22.9 Å². The van der Waals surface area contributed by atoms with Gasteiger partial charge in [-0.2, -0.15) is 0 Å². The van der Waals surface area contributed by atoms with E-state index < -0.39 is 40.8 Å². The molecule has 1 N–H and O–H groups in total. The fourth-order valence-corrected chi connectivity index (χ4v) is 5.87. The van der Waals surface area contributed by atoms with Crippen LogP contribution in [0.15, 0.2) is 18.5 Å². The van der Waals surface area contributed by atoms with E-state index >= 15 is 8.78 Å². The van der Waals surface area contributed by atoms with Crippen LogP contribution in [0.1, 0.15) is 41.5 Å². The number of thiazole rings is 1. The fourth-order valence-electron chi connectivity index (χ4n) is 4.72. The van der Waals surface area contributed by atoms with Gasteiger partial charge < -0.3 is 19.3 Å². The Balaban J connectivity index is 1.51. The van der Waals surface area contributed by atoms with Gasteiger partial charge >= 0.3 is 12.2 Å². The van der Waals surface area contributed by atoms with Crippen LogP contribution in [0.4, 0.5) is 33.7 Å². The van der Waals surface area contributed by atoms with E-state index in [0.717, 1.165) is 11.3 Å². The first-order chi connectivity index (χ1) is 20.5. The number of hydrogen-bond acceptors (Lipinski definition) is 9. The highest BCUT2D eigenvalue weighted by atomic mass is 35.5. The maximum Gasteiger partial charge on any atom is 0.413 e. The fraction of sp³-hybridized carbons (Fsp3) is 0.414. The number of hydrogen-bond donors (Lipinski definition) is 1. The highest BCUT2D eigenvalue weighted by molar-refractivity contribution is 7.22. The first kappa shape index (κ1) is 31.5. The van der Waals surface area contributed by atoms with Crippen molar-refractivity contribution in [1.82, 2.24) is 19.9 Å². The van der Waals surface area contributed by atoms with E-state index in [1.165, 1.54) is 12.4 Å². The summed E-state index contributed by atoms with van der Waals surface area (Å²) in [5.74, 6) is -2.61. The number of nitrogens with zero attached hydrogens (tertiary/aromatic N) is 5. The molecular formula is C29H30ClF3N6O4S. The number of carbonyl (C=O) groups excluding carboxylic acids is 2. The molecule has 0 spiro atoms. The number of aromatic nitrogens is 3. The Labute approximate surface area is 260 Å². The van der Waals surface area contributed by atoms with Crippen LogP contribution in [-0.4, -0.2) is 69.4 Å². The first-order valence-corrected chi connectivity index (χ1v) is 14.9. The van der Waals surface area contributed by atoms with Gasteiger partial charge in [-0.25, -0.2) is 37.7 Å². The number of ether oxygens (including phenoxy) is 2. The normalized spacial score (nSPS) is 14.3. The smallest absolute Gasteiger partial charge is 0.413 e. The van der Waals surface area contributed by atoms with E-state index in [-0.39, 0.29) is 42.4 Å². The molecule has 3 heterocycles. The second-order valence-corrected chi connectivity index (χ2v) is 13.5. The van der Waals surface area contributed by atoms with Gasteiger partial charge in [-0.15, -0.1) is 0 Å². The van der Waals surface area contributed by atoms with E-state index in [1.807, 2.05) is 4.90 Å². The van der Waals surface area contributed by atoms with E-state index in [9.17, 15) is 14.0 Å². The number of benzene rings is 2. The zero-order valence-corrected chi connectivity index (χ0v) is 26.4. The minimum Gasteiger partial charge on any atom is -0.444 e. The van der Waals surface area contributed by atoms with Gasteiger partial charge in [0.1, 0.15) is 40.5 Å². The number of anilines is 2. The molecule has 0 saturated carbocycles. The molecule has 0 bridgehead atoms. The number of fused-ring (bicyclic) bond motifs is 2. The van der Waals surface area contributed by atoms with Crippen LogP contribution in [-0.2, 0) is 9.47 Å². The van der Waals surface area contributed by atoms with Crippen molar-refractivity contribution in [2.75, 3.05) is 36.4 Å². The molecular weight excluding hydrogens is 621 g/mol. The number of halogens is 4. The number of rotatable bonds is 3. The maximum absolute atomic E-state index is 16.3. The van der Waals surface area contributed by atoms with Crippen LogP contribution < -0.4 is 10.2 Å². The van der Waals surface area contributed by atoms with Crippen LogP contribution >= 0.6 is 22.9 Å². The van der Waals surface area contributed by atoms with Crippen LogP contribution in [0.2, 0.25) is 5.02 Å². The lowest BCUT2D eigenvalue weighted by atomic mass is 10.0. The molecule has 2 aromatic carbocycles. The molecule has 4 aromatic rings. The van der Waals surface area contributed by atoms with Gasteiger partial charge in [-0.05, 0) is 47.6 Å². The van der Waals surface area contributed by atoms with Crippen molar-refractivity contribution < 1.29 is 32.2 Å². The molecule has 1 saturated heterocycles. The first-order valence-electron chi connectivity index (χ1n) is 13.7. The minimum atomic E-state index is -1.10. The molecule has 0 radical (unpaired) electrons. The molecule has 10 nitrogen and oxygen atoms in total. The standard InChI is InChI=1S/C29H30ClF3N6O4S/c1-28(2,3)42-26(40)37-25-36-22-19(16(31)12-17(32)23(22)44-25)18-15(30)11-14-21(20(18)33)34-13-35-24(14)38-7-9-39(10-8-38)27(41)43-29(4,5)6/h11-13H,7-10H2,1-6H3,(H,36,37,40). The summed E-state index contributed by atoms with van der Waals surface area (Å²) < 4.78 is 57.0.